The van der Waals surface area contributed by atoms with Crippen LogP contribution in [0.25, 0.3) is 6.08 Å². The first kappa shape index (κ1) is 12.0. The third-order valence-electron chi connectivity index (χ3n) is 2.75. The van der Waals surface area contributed by atoms with E-state index in [9.17, 15) is 0 Å². The van der Waals surface area contributed by atoms with E-state index >= 15 is 0 Å². The fourth-order valence-corrected chi connectivity index (χ4v) is 1.47. The first-order valence-corrected chi connectivity index (χ1v) is 5.71. The molecule has 0 unspecified atom stereocenters. The van der Waals surface area contributed by atoms with Crippen LogP contribution in [-0.2, 0) is 5.41 Å². The van der Waals surface area contributed by atoms with Crippen molar-refractivity contribution >= 4 is 6.08 Å². The van der Waals surface area contributed by atoms with Crippen LogP contribution in [0, 0.1) is 0 Å². The summed E-state index contributed by atoms with van der Waals surface area (Å²) in [5.41, 5.74) is 4.39. The van der Waals surface area contributed by atoms with Crippen molar-refractivity contribution in [3.63, 3.8) is 0 Å². The fourth-order valence-electron chi connectivity index (χ4n) is 1.47. The van der Waals surface area contributed by atoms with Gasteiger partial charge in [-0.1, -0.05) is 63.6 Å². The highest BCUT2D eigenvalue weighted by atomic mass is 14.2. The zero-order chi connectivity index (χ0) is 11.5. The molecule has 1 aromatic carbocycles. The summed E-state index contributed by atoms with van der Waals surface area (Å²) in [6, 6.07) is 8.88. The normalized spacial score (nSPS) is 13.0. The summed E-state index contributed by atoms with van der Waals surface area (Å²) in [6.07, 6.45) is 3.38. The standard InChI is InChI=1S/C15H22/c1-6-12(2)11-13-7-9-14(10-8-13)15(3,4)5/h7-11H,6H2,1-5H3. The van der Waals surface area contributed by atoms with E-state index in [0.29, 0.717) is 0 Å². The van der Waals surface area contributed by atoms with E-state index in [1.165, 1.54) is 16.7 Å². The van der Waals surface area contributed by atoms with E-state index in [-0.39, 0.29) is 5.41 Å². The van der Waals surface area contributed by atoms with Crippen molar-refractivity contribution in [2.45, 2.75) is 46.5 Å². The number of rotatable bonds is 2. The Labute approximate surface area is 94.0 Å². The minimum Gasteiger partial charge on any atom is -0.0730 e. The summed E-state index contributed by atoms with van der Waals surface area (Å²) >= 11 is 0. The van der Waals surface area contributed by atoms with Crippen LogP contribution in [0.15, 0.2) is 29.8 Å². The van der Waals surface area contributed by atoms with E-state index in [0.717, 1.165) is 6.42 Å². The molecule has 0 aliphatic carbocycles. The minimum atomic E-state index is 0.252. The average molecular weight is 202 g/mol. The van der Waals surface area contributed by atoms with Gasteiger partial charge in [0.2, 0.25) is 0 Å². The van der Waals surface area contributed by atoms with Crippen LogP contribution in [0.2, 0.25) is 0 Å². The van der Waals surface area contributed by atoms with E-state index in [2.05, 4.69) is 65.0 Å². The monoisotopic (exact) mass is 202 g/mol. The Kier molecular flexibility index (Phi) is 3.73. The topological polar surface area (TPSA) is 0 Å². The molecule has 0 amide bonds. The lowest BCUT2D eigenvalue weighted by molar-refractivity contribution is 0.590. The second-order valence-electron chi connectivity index (χ2n) is 5.22. The SMILES string of the molecule is CCC(C)=Cc1ccc(C(C)(C)C)cc1. The molecule has 0 aromatic heterocycles. The molecule has 0 spiro atoms. The lowest BCUT2D eigenvalue weighted by atomic mass is 9.86. The van der Waals surface area contributed by atoms with Gasteiger partial charge in [0.15, 0.2) is 0 Å². The van der Waals surface area contributed by atoms with Gasteiger partial charge in [-0.25, -0.2) is 0 Å². The van der Waals surface area contributed by atoms with Gasteiger partial charge in [-0.3, -0.25) is 0 Å². The molecule has 0 heteroatoms. The highest BCUT2D eigenvalue weighted by Gasteiger charge is 2.12. The van der Waals surface area contributed by atoms with Crippen molar-refractivity contribution in [1.82, 2.24) is 0 Å². The molecule has 0 fully saturated rings. The lowest BCUT2D eigenvalue weighted by Gasteiger charge is -2.18. The molecule has 0 heterocycles. The smallest absolute Gasteiger partial charge is 0.0132 e. The summed E-state index contributed by atoms with van der Waals surface area (Å²) in [5.74, 6) is 0. The predicted molar refractivity (Wildman–Crippen MR) is 69.1 cm³/mol. The molecule has 0 saturated carbocycles. The van der Waals surface area contributed by atoms with Crippen molar-refractivity contribution in [3.05, 3.63) is 41.0 Å². The van der Waals surface area contributed by atoms with Gasteiger partial charge in [-0.05, 0) is 29.9 Å². The van der Waals surface area contributed by atoms with E-state index in [1.54, 1.807) is 0 Å². The molecule has 0 atom stereocenters. The molecular weight excluding hydrogens is 180 g/mol. The Bertz CT molecular complexity index is 333. The van der Waals surface area contributed by atoms with Gasteiger partial charge < -0.3 is 0 Å². The molecular formula is C15H22. The van der Waals surface area contributed by atoms with Crippen LogP contribution in [0.1, 0.15) is 52.2 Å². The van der Waals surface area contributed by atoms with E-state index in [1.807, 2.05) is 0 Å². The summed E-state index contributed by atoms with van der Waals surface area (Å²) in [7, 11) is 0. The molecule has 0 radical (unpaired) electrons. The number of allylic oxidation sites excluding steroid dienone is 1. The van der Waals surface area contributed by atoms with Crippen LogP contribution in [0.5, 0.6) is 0 Å². The predicted octanol–water partition coefficient (Wildman–Crippen LogP) is 4.80. The average Bonchev–Trinajstić information content (AvgIpc) is 2.17. The Hall–Kier alpha value is -1.04. The maximum Gasteiger partial charge on any atom is -0.0132 e. The van der Waals surface area contributed by atoms with Crippen LogP contribution in [0.4, 0.5) is 0 Å². The summed E-state index contributed by atoms with van der Waals surface area (Å²) in [5, 5.41) is 0. The van der Waals surface area contributed by atoms with E-state index in [4.69, 9.17) is 0 Å². The molecule has 0 N–H and O–H groups in total. The Morgan fingerprint density at radius 2 is 1.67 bits per heavy atom. The van der Waals surface area contributed by atoms with Gasteiger partial charge in [0, 0.05) is 0 Å². The molecule has 0 aliphatic heterocycles. The Balaban J connectivity index is 2.91. The molecule has 0 nitrogen and oxygen atoms in total. The van der Waals surface area contributed by atoms with Gasteiger partial charge in [0.1, 0.15) is 0 Å². The summed E-state index contributed by atoms with van der Waals surface area (Å²) < 4.78 is 0. The zero-order valence-electron chi connectivity index (χ0n) is 10.6. The lowest BCUT2D eigenvalue weighted by Crippen LogP contribution is -2.10. The maximum atomic E-state index is 2.26. The molecule has 1 rings (SSSR count). The highest BCUT2D eigenvalue weighted by Crippen LogP contribution is 2.22. The first-order chi connectivity index (χ1) is 6.93. The zero-order valence-corrected chi connectivity index (χ0v) is 10.6. The first-order valence-electron chi connectivity index (χ1n) is 5.71. The van der Waals surface area contributed by atoms with Gasteiger partial charge in [0.25, 0.3) is 0 Å². The minimum absolute atomic E-state index is 0.252. The summed E-state index contributed by atoms with van der Waals surface area (Å²) in [4.78, 5) is 0. The van der Waals surface area contributed by atoms with Gasteiger partial charge in [0.05, 0.1) is 0 Å². The van der Waals surface area contributed by atoms with Crippen LogP contribution in [0.3, 0.4) is 0 Å². The second-order valence-corrected chi connectivity index (χ2v) is 5.22. The maximum absolute atomic E-state index is 2.26. The molecule has 0 aliphatic rings. The molecule has 0 saturated heterocycles. The molecule has 0 bridgehead atoms. The van der Waals surface area contributed by atoms with Crippen molar-refractivity contribution in [3.8, 4) is 0 Å². The van der Waals surface area contributed by atoms with Crippen molar-refractivity contribution in [2.75, 3.05) is 0 Å². The van der Waals surface area contributed by atoms with Crippen LogP contribution in [-0.4, -0.2) is 0 Å². The number of hydrogen-bond acceptors (Lipinski definition) is 0. The largest absolute Gasteiger partial charge is 0.0730 e. The van der Waals surface area contributed by atoms with E-state index < -0.39 is 0 Å². The number of benzene rings is 1. The quantitative estimate of drug-likeness (QED) is 0.646. The second kappa shape index (κ2) is 4.65. The Morgan fingerprint density at radius 1 is 1.13 bits per heavy atom. The van der Waals surface area contributed by atoms with Crippen molar-refractivity contribution < 1.29 is 0 Å². The summed E-state index contributed by atoms with van der Waals surface area (Å²) in [6.45, 7) is 11.1. The van der Waals surface area contributed by atoms with Crippen LogP contribution >= 0.6 is 0 Å². The molecule has 1 aromatic rings. The van der Waals surface area contributed by atoms with Crippen LogP contribution < -0.4 is 0 Å². The fraction of sp³-hybridized carbons (Fsp3) is 0.467. The van der Waals surface area contributed by atoms with Crippen molar-refractivity contribution in [2.24, 2.45) is 0 Å². The molecule has 82 valence electrons. The third kappa shape index (κ3) is 3.54. The van der Waals surface area contributed by atoms with Gasteiger partial charge in [-0.15, -0.1) is 0 Å². The van der Waals surface area contributed by atoms with Gasteiger partial charge in [-0.2, -0.15) is 0 Å². The van der Waals surface area contributed by atoms with Gasteiger partial charge >= 0.3 is 0 Å². The molecule has 15 heavy (non-hydrogen) atoms. The number of hydrogen-bond donors (Lipinski definition) is 0. The highest BCUT2D eigenvalue weighted by molar-refractivity contribution is 5.53. The Morgan fingerprint density at radius 3 is 2.07 bits per heavy atom. The van der Waals surface area contributed by atoms with Crippen molar-refractivity contribution in [1.29, 1.82) is 0 Å². The third-order valence-corrected chi connectivity index (χ3v) is 2.75.